The monoisotopic (exact) mass is 448 g/mol. The first kappa shape index (κ1) is 22.4. The molecule has 4 aromatic heterocycles. The summed E-state index contributed by atoms with van der Waals surface area (Å²) in [7, 11) is 5.15. The number of rotatable bonds is 7. The minimum atomic E-state index is -0.376. The molecule has 0 bridgehead atoms. The maximum absolute atomic E-state index is 6.10. The number of ether oxygens (including phenoxy) is 2. The number of aromatic nitrogens is 6. The number of hydrogen-bond acceptors (Lipinski definition) is 9. The maximum atomic E-state index is 6.10. The second-order valence-electron chi connectivity index (χ2n) is 8.32. The molecule has 3 N–H and O–H groups in total. The summed E-state index contributed by atoms with van der Waals surface area (Å²) < 4.78 is 13.0. The van der Waals surface area contributed by atoms with Crippen molar-refractivity contribution in [2.75, 3.05) is 31.8 Å². The predicted molar refractivity (Wildman–Crippen MR) is 128 cm³/mol. The summed E-state index contributed by atoms with van der Waals surface area (Å²) in [6, 6.07) is 5.71. The number of nitrogens with one attached hydrogen (secondary N) is 1. The van der Waals surface area contributed by atoms with Gasteiger partial charge in [-0.05, 0) is 39.0 Å². The molecule has 0 aliphatic heterocycles. The van der Waals surface area contributed by atoms with Crippen LogP contribution in [0.25, 0.3) is 33.4 Å². The molecule has 10 nitrogen and oxygen atoms in total. The third-order valence-electron chi connectivity index (χ3n) is 5.69. The van der Waals surface area contributed by atoms with E-state index in [0.29, 0.717) is 35.0 Å². The molecule has 0 spiro atoms. The van der Waals surface area contributed by atoms with Crippen molar-refractivity contribution in [3.05, 3.63) is 36.3 Å². The molecule has 4 aromatic rings. The third kappa shape index (κ3) is 4.29. The van der Waals surface area contributed by atoms with Gasteiger partial charge >= 0.3 is 0 Å². The highest BCUT2D eigenvalue weighted by Crippen LogP contribution is 2.36. The van der Waals surface area contributed by atoms with Gasteiger partial charge in [0.05, 0.1) is 35.9 Å². The summed E-state index contributed by atoms with van der Waals surface area (Å²) in [5.41, 5.74) is 10.4. The highest BCUT2D eigenvalue weighted by molar-refractivity contribution is 5.99. The van der Waals surface area contributed by atoms with E-state index in [1.54, 1.807) is 26.6 Å². The second-order valence-corrected chi connectivity index (χ2v) is 8.32. The predicted octanol–water partition coefficient (Wildman–Crippen LogP) is 3.22. The maximum Gasteiger partial charge on any atom is 0.223 e. The van der Waals surface area contributed by atoms with E-state index in [1.807, 2.05) is 50.7 Å². The fraction of sp³-hybridized carbons (Fsp3) is 0.348. The number of anilines is 2. The fourth-order valence-corrected chi connectivity index (χ4v) is 3.45. The number of fused-ring (bicyclic) bond motifs is 1. The minimum absolute atomic E-state index is 0.133. The summed E-state index contributed by atoms with van der Waals surface area (Å²) in [6.45, 7) is 6.51. The first-order valence-electron chi connectivity index (χ1n) is 10.5. The Balaban J connectivity index is 1.83. The first-order valence-corrected chi connectivity index (χ1v) is 10.5. The van der Waals surface area contributed by atoms with Crippen molar-refractivity contribution in [3.63, 3.8) is 0 Å². The molecule has 0 unspecified atom stereocenters. The zero-order valence-corrected chi connectivity index (χ0v) is 19.7. The lowest BCUT2D eigenvalue weighted by Crippen LogP contribution is -2.32. The molecule has 0 saturated heterocycles. The SMILES string of the molecule is COc1nc(-c2cnn(C)c2C)ccc1-c1nc(N)nc2c(NCC(C)(C)OC)nccc12. The molecule has 172 valence electrons. The number of hydrogen-bond donors (Lipinski definition) is 2. The van der Waals surface area contributed by atoms with Crippen molar-refractivity contribution in [1.82, 2.24) is 29.7 Å². The van der Waals surface area contributed by atoms with E-state index in [0.717, 1.165) is 22.3 Å². The van der Waals surface area contributed by atoms with E-state index in [9.17, 15) is 0 Å². The average Bonchev–Trinajstić information content (AvgIpc) is 3.15. The van der Waals surface area contributed by atoms with Gasteiger partial charge in [0, 0.05) is 43.5 Å². The number of nitrogen functional groups attached to an aromatic ring is 1. The van der Waals surface area contributed by atoms with Crippen LogP contribution in [-0.4, -0.2) is 56.1 Å². The largest absolute Gasteiger partial charge is 0.480 e. The normalized spacial score (nSPS) is 11.7. The molecule has 0 atom stereocenters. The van der Waals surface area contributed by atoms with Crippen LogP contribution in [-0.2, 0) is 11.8 Å². The molecular weight excluding hydrogens is 420 g/mol. The molecule has 0 amide bonds. The Hall–Kier alpha value is -3.79. The number of aryl methyl sites for hydroxylation is 1. The van der Waals surface area contributed by atoms with Crippen molar-refractivity contribution in [2.45, 2.75) is 26.4 Å². The molecule has 0 fully saturated rings. The van der Waals surface area contributed by atoms with E-state index >= 15 is 0 Å². The summed E-state index contributed by atoms with van der Waals surface area (Å²) in [4.78, 5) is 18.2. The molecule has 4 rings (SSSR count). The van der Waals surface area contributed by atoms with Crippen LogP contribution in [0.5, 0.6) is 5.88 Å². The van der Waals surface area contributed by atoms with Gasteiger partial charge in [-0.3, -0.25) is 4.68 Å². The van der Waals surface area contributed by atoms with Crippen LogP contribution in [0.2, 0.25) is 0 Å². The topological polar surface area (TPSA) is 126 Å². The lowest BCUT2D eigenvalue weighted by atomic mass is 10.1. The summed E-state index contributed by atoms with van der Waals surface area (Å²) in [6.07, 6.45) is 3.50. The van der Waals surface area contributed by atoms with Gasteiger partial charge in [0.2, 0.25) is 11.8 Å². The Kier molecular flexibility index (Phi) is 5.86. The van der Waals surface area contributed by atoms with E-state index in [4.69, 9.17) is 20.2 Å². The smallest absolute Gasteiger partial charge is 0.223 e. The Morgan fingerprint density at radius 3 is 2.55 bits per heavy atom. The Morgan fingerprint density at radius 1 is 1.09 bits per heavy atom. The number of nitrogens with zero attached hydrogens (tertiary/aromatic N) is 6. The Labute approximate surface area is 192 Å². The summed E-state index contributed by atoms with van der Waals surface area (Å²) in [5.74, 6) is 1.17. The number of methoxy groups -OCH3 is 2. The molecule has 4 heterocycles. The minimum Gasteiger partial charge on any atom is -0.480 e. The average molecular weight is 449 g/mol. The van der Waals surface area contributed by atoms with Crippen LogP contribution in [0.1, 0.15) is 19.5 Å². The van der Waals surface area contributed by atoms with Crippen molar-refractivity contribution < 1.29 is 9.47 Å². The zero-order chi connectivity index (χ0) is 23.8. The van der Waals surface area contributed by atoms with Gasteiger partial charge in [-0.25, -0.2) is 19.9 Å². The van der Waals surface area contributed by atoms with Crippen LogP contribution in [0.3, 0.4) is 0 Å². The van der Waals surface area contributed by atoms with Crippen molar-refractivity contribution in [2.24, 2.45) is 7.05 Å². The van der Waals surface area contributed by atoms with Crippen molar-refractivity contribution in [1.29, 1.82) is 0 Å². The molecule has 0 saturated carbocycles. The van der Waals surface area contributed by atoms with Gasteiger partial charge in [-0.15, -0.1) is 0 Å². The van der Waals surface area contributed by atoms with Crippen molar-refractivity contribution in [3.8, 4) is 28.4 Å². The molecule has 33 heavy (non-hydrogen) atoms. The number of nitrogens with two attached hydrogens (primary N) is 1. The standard InChI is InChI=1S/C23H28N8O2/c1-13-16(11-27-31(13)4)17-8-7-15(21(28-17)32-5)18-14-9-10-25-20(19(14)30-22(24)29-18)26-12-23(2,3)33-6/h7-11H,12H2,1-6H3,(H,25,26)(H2,24,29,30). The van der Waals surface area contributed by atoms with Crippen LogP contribution < -0.4 is 15.8 Å². The van der Waals surface area contributed by atoms with Gasteiger partial charge in [0.1, 0.15) is 5.52 Å². The van der Waals surface area contributed by atoms with Crippen LogP contribution in [0, 0.1) is 6.92 Å². The molecule has 10 heteroatoms. The van der Waals surface area contributed by atoms with Crippen LogP contribution in [0.4, 0.5) is 11.8 Å². The molecule has 0 radical (unpaired) electrons. The quantitative estimate of drug-likeness (QED) is 0.438. The molecule has 0 aliphatic carbocycles. The van der Waals surface area contributed by atoms with Gasteiger partial charge < -0.3 is 20.5 Å². The van der Waals surface area contributed by atoms with E-state index in [2.05, 4.69) is 25.4 Å². The van der Waals surface area contributed by atoms with E-state index in [-0.39, 0.29) is 11.5 Å². The van der Waals surface area contributed by atoms with Gasteiger partial charge in [-0.2, -0.15) is 5.10 Å². The summed E-state index contributed by atoms with van der Waals surface area (Å²) in [5, 5.41) is 8.40. The van der Waals surface area contributed by atoms with Crippen LogP contribution >= 0.6 is 0 Å². The fourth-order valence-electron chi connectivity index (χ4n) is 3.45. The number of pyridine rings is 2. The molecule has 0 aromatic carbocycles. The molecule has 0 aliphatic rings. The zero-order valence-electron chi connectivity index (χ0n) is 19.7. The molecular formula is C23H28N8O2. The third-order valence-corrected chi connectivity index (χ3v) is 5.69. The van der Waals surface area contributed by atoms with E-state index < -0.39 is 0 Å². The second kappa shape index (κ2) is 8.62. The highest BCUT2D eigenvalue weighted by Gasteiger charge is 2.20. The highest BCUT2D eigenvalue weighted by atomic mass is 16.5. The lowest BCUT2D eigenvalue weighted by Gasteiger charge is -2.23. The lowest BCUT2D eigenvalue weighted by molar-refractivity contribution is 0.0343. The Bertz CT molecular complexity index is 1320. The van der Waals surface area contributed by atoms with Crippen molar-refractivity contribution >= 4 is 22.7 Å². The van der Waals surface area contributed by atoms with Gasteiger partial charge in [0.25, 0.3) is 0 Å². The van der Waals surface area contributed by atoms with Gasteiger partial charge in [-0.1, -0.05) is 0 Å². The van der Waals surface area contributed by atoms with Gasteiger partial charge in [0.15, 0.2) is 5.82 Å². The van der Waals surface area contributed by atoms with E-state index in [1.165, 1.54) is 0 Å². The Morgan fingerprint density at radius 2 is 1.88 bits per heavy atom. The first-order chi connectivity index (χ1) is 15.7. The van der Waals surface area contributed by atoms with Crippen LogP contribution in [0.15, 0.2) is 30.6 Å². The summed E-state index contributed by atoms with van der Waals surface area (Å²) >= 11 is 0.